The Morgan fingerprint density at radius 3 is 3.00 bits per heavy atom. The zero-order chi connectivity index (χ0) is 17.2. The summed E-state index contributed by atoms with van der Waals surface area (Å²) in [5.74, 6) is -0.0426. The van der Waals surface area contributed by atoms with Crippen LogP contribution in [0.2, 0.25) is 0 Å². The number of β-amino-alcohol motifs (C(OH)–C–C–N with tert-alkyl or cyclic N) is 1. The molecular formula is C18H21N5O2. The number of fused-ring (bicyclic) bond motifs is 1. The van der Waals surface area contributed by atoms with Crippen LogP contribution in [0, 0.1) is 0 Å². The Bertz CT molecular complexity index is 857. The van der Waals surface area contributed by atoms with Crippen LogP contribution in [0.1, 0.15) is 16.1 Å². The molecule has 7 nitrogen and oxygen atoms in total. The molecule has 1 atom stereocenters. The molecule has 1 saturated heterocycles. The van der Waals surface area contributed by atoms with E-state index in [9.17, 15) is 9.90 Å². The van der Waals surface area contributed by atoms with Crippen molar-refractivity contribution in [3.05, 3.63) is 54.2 Å². The molecule has 7 heteroatoms. The minimum absolute atomic E-state index is 0.0426. The predicted octanol–water partition coefficient (Wildman–Crippen LogP) is 1.21. The van der Waals surface area contributed by atoms with E-state index in [4.69, 9.17) is 0 Å². The summed E-state index contributed by atoms with van der Waals surface area (Å²) in [4.78, 5) is 27.0. The topological polar surface area (TPSA) is 88.3 Å². The Morgan fingerprint density at radius 1 is 1.24 bits per heavy atom. The number of aromatic nitrogens is 3. The van der Waals surface area contributed by atoms with E-state index in [-0.39, 0.29) is 5.91 Å². The van der Waals surface area contributed by atoms with Crippen molar-refractivity contribution in [2.45, 2.75) is 12.6 Å². The second-order valence-corrected chi connectivity index (χ2v) is 6.50. The number of imidazole rings is 1. The largest absolute Gasteiger partial charge is 0.390 e. The van der Waals surface area contributed by atoms with Crippen LogP contribution in [0.4, 0.5) is 0 Å². The van der Waals surface area contributed by atoms with Crippen molar-refractivity contribution in [1.29, 1.82) is 0 Å². The van der Waals surface area contributed by atoms with Gasteiger partial charge in [0.1, 0.15) is 0 Å². The fourth-order valence-electron chi connectivity index (χ4n) is 3.36. The molecule has 0 aliphatic carbocycles. The van der Waals surface area contributed by atoms with Crippen LogP contribution in [0.25, 0.3) is 10.9 Å². The molecule has 0 spiro atoms. The average molecular weight is 339 g/mol. The number of aliphatic hydroxyl groups excluding tert-OH is 1. The van der Waals surface area contributed by atoms with E-state index in [0.29, 0.717) is 38.3 Å². The molecule has 0 unspecified atom stereocenters. The maximum Gasteiger partial charge on any atom is 0.254 e. The van der Waals surface area contributed by atoms with E-state index in [0.717, 1.165) is 16.6 Å². The number of aromatic amines is 2. The molecule has 3 heterocycles. The summed E-state index contributed by atoms with van der Waals surface area (Å²) in [5, 5.41) is 11.4. The number of hydrogen-bond acceptors (Lipinski definition) is 4. The van der Waals surface area contributed by atoms with Gasteiger partial charge in [0.15, 0.2) is 0 Å². The maximum atomic E-state index is 12.9. The number of hydrogen-bond donors (Lipinski definition) is 3. The Labute approximate surface area is 145 Å². The minimum Gasteiger partial charge on any atom is -0.390 e. The molecule has 1 aliphatic heterocycles. The van der Waals surface area contributed by atoms with Crippen molar-refractivity contribution in [2.24, 2.45) is 0 Å². The van der Waals surface area contributed by atoms with Crippen molar-refractivity contribution in [3.8, 4) is 0 Å². The molecule has 1 aliphatic rings. The number of nitrogens with one attached hydrogen (secondary N) is 2. The molecule has 25 heavy (non-hydrogen) atoms. The highest BCUT2D eigenvalue weighted by Gasteiger charge is 2.25. The van der Waals surface area contributed by atoms with E-state index in [1.54, 1.807) is 17.4 Å². The fourth-order valence-corrected chi connectivity index (χ4v) is 3.36. The van der Waals surface area contributed by atoms with Gasteiger partial charge in [-0.2, -0.15) is 0 Å². The summed E-state index contributed by atoms with van der Waals surface area (Å²) in [6.07, 6.45) is 4.73. The van der Waals surface area contributed by atoms with Gasteiger partial charge < -0.3 is 20.0 Å². The predicted molar refractivity (Wildman–Crippen MR) is 94.1 cm³/mol. The first-order chi connectivity index (χ1) is 12.2. The second kappa shape index (κ2) is 6.70. The van der Waals surface area contributed by atoms with E-state index >= 15 is 0 Å². The van der Waals surface area contributed by atoms with Gasteiger partial charge in [-0.3, -0.25) is 9.69 Å². The molecule has 1 aromatic carbocycles. The van der Waals surface area contributed by atoms with Crippen LogP contribution in [-0.2, 0) is 6.54 Å². The molecule has 3 aromatic rings. The summed E-state index contributed by atoms with van der Waals surface area (Å²) in [7, 11) is 0. The van der Waals surface area contributed by atoms with Crippen molar-refractivity contribution in [2.75, 3.05) is 26.2 Å². The monoisotopic (exact) mass is 339 g/mol. The average Bonchev–Trinajstić information content (AvgIpc) is 3.24. The molecule has 0 radical (unpaired) electrons. The van der Waals surface area contributed by atoms with Gasteiger partial charge in [0, 0.05) is 61.9 Å². The number of carbonyl (C=O) groups excluding carboxylic acids is 1. The standard InChI is InChI=1S/C18H21N5O2/c24-16-10-22(9-15-8-19-12-21-15)5-6-23(11-16)18(25)14-2-1-13-3-4-20-17(13)7-14/h1-4,7-8,12,16,20,24H,5-6,9-11H2,(H,19,21)/t16-/m1/s1. The fraction of sp³-hybridized carbons (Fsp3) is 0.333. The Balaban J connectivity index is 1.47. The summed E-state index contributed by atoms with van der Waals surface area (Å²) in [6.45, 7) is 2.88. The van der Waals surface area contributed by atoms with Crippen LogP contribution in [0.5, 0.6) is 0 Å². The van der Waals surface area contributed by atoms with E-state index in [1.807, 2.05) is 30.5 Å². The number of aliphatic hydroxyl groups is 1. The lowest BCUT2D eigenvalue weighted by Crippen LogP contribution is -2.37. The summed E-state index contributed by atoms with van der Waals surface area (Å²) in [5.41, 5.74) is 2.59. The SMILES string of the molecule is O=C(c1ccc2cc[nH]c2c1)N1CCN(Cc2cnc[nH]2)C[C@@H](O)C1. The molecule has 4 rings (SSSR count). The third-order valence-electron chi connectivity index (χ3n) is 4.62. The van der Waals surface area contributed by atoms with Crippen LogP contribution in [0.15, 0.2) is 43.0 Å². The highest BCUT2D eigenvalue weighted by Crippen LogP contribution is 2.17. The van der Waals surface area contributed by atoms with Gasteiger partial charge >= 0.3 is 0 Å². The first-order valence-electron chi connectivity index (χ1n) is 8.43. The molecule has 0 bridgehead atoms. The summed E-state index contributed by atoms with van der Waals surface area (Å²) < 4.78 is 0. The zero-order valence-electron chi connectivity index (χ0n) is 13.9. The number of carbonyl (C=O) groups is 1. The Kier molecular flexibility index (Phi) is 4.25. The van der Waals surface area contributed by atoms with Gasteiger partial charge in [-0.05, 0) is 23.6 Å². The highest BCUT2D eigenvalue weighted by molar-refractivity contribution is 5.98. The van der Waals surface area contributed by atoms with Gasteiger partial charge in [0.05, 0.1) is 12.4 Å². The van der Waals surface area contributed by atoms with Gasteiger partial charge in [-0.15, -0.1) is 0 Å². The number of benzene rings is 1. The number of rotatable bonds is 3. The molecule has 1 amide bonds. The van der Waals surface area contributed by atoms with Gasteiger partial charge in [0.25, 0.3) is 5.91 Å². The second-order valence-electron chi connectivity index (χ2n) is 6.50. The Morgan fingerprint density at radius 2 is 2.16 bits per heavy atom. The third kappa shape index (κ3) is 3.42. The van der Waals surface area contributed by atoms with Crippen molar-refractivity contribution < 1.29 is 9.90 Å². The number of amides is 1. The van der Waals surface area contributed by atoms with Crippen molar-refractivity contribution >= 4 is 16.8 Å². The zero-order valence-corrected chi connectivity index (χ0v) is 13.9. The highest BCUT2D eigenvalue weighted by atomic mass is 16.3. The van der Waals surface area contributed by atoms with E-state index < -0.39 is 6.10 Å². The molecule has 3 N–H and O–H groups in total. The molecule has 1 fully saturated rings. The smallest absolute Gasteiger partial charge is 0.254 e. The maximum absolute atomic E-state index is 12.9. The van der Waals surface area contributed by atoms with E-state index in [1.165, 1.54) is 0 Å². The Hall–Kier alpha value is -2.64. The lowest BCUT2D eigenvalue weighted by Gasteiger charge is -2.22. The first-order valence-corrected chi connectivity index (χ1v) is 8.43. The van der Waals surface area contributed by atoms with Gasteiger partial charge in [-0.25, -0.2) is 4.98 Å². The van der Waals surface area contributed by atoms with Crippen LogP contribution in [0.3, 0.4) is 0 Å². The van der Waals surface area contributed by atoms with Crippen molar-refractivity contribution in [3.63, 3.8) is 0 Å². The molecule has 0 saturated carbocycles. The normalized spacial score (nSPS) is 19.2. The van der Waals surface area contributed by atoms with Gasteiger partial charge in [-0.1, -0.05) is 6.07 Å². The first kappa shape index (κ1) is 15.9. The third-order valence-corrected chi connectivity index (χ3v) is 4.62. The number of nitrogens with zero attached hydrogens (tertiary/aromatic N) is 3. The molecule has 2 aromatic heterocycles. The lowest BCUT2D eigenvalue weighted by molar-refractivity contribution is 0.0663. The minimum atomic E-state index is -0.566. The summed E-state index contributed by atoms with van der Waals surface area (Å²) in [6, 6.07) is 7.64. The lowest BCUT2D eigenvalue weighted by atomic mass is 10.1. The van der Waals surface area contributed by atoms with E-state index in [2.05, 4.69) is 19.9 Å². The van der Waals surface area contributed by atoms with Crippen LogP contribution in [-0.4, -0.2) is 68.0 Å². The molecular weight excluding hydrogens is 318 g/mol. The molecule has 130 valence electrons. The van der Waals surface area contributed by atoms with Crippen LogP contribution < -0.4 is 0 Å². The van der Waals surface area contributed by atoms with Crippen molar-refractivity contribution in [1.82, 2.24) is 24.8 Å². The van der Waals surface area contributed by atoms with Crippen LogP contribution >= 0.6 is 0 Å². The van der Waals surface area contributed by atoms with Gasteiger partial charge in [0.2, 0.25) is 0 Å². The number of H-pyrrole nitrogens is 2. The quantitative estimate of drug-likeness (QED) is 0.669. The summed E-state index contributed by atoms with van der Waals surface area (Å²) >= 11 is 0.